The van der Waals surface area contributed by atoms with Gasteiger partial charge in [0.05, 0.1) is 20.3 Å². The molecule has 6 nitrogen and oxygen atoms in total. The Morgan fingerprint density at radius 3 is 2.77 bits per heavy atom. The van der Waals surface area contributed by atoms with Crippen LogP contribution in [0.3, 0.4) is 0 Å². The summed E-state index contributed by atoms with van der Waals surface area (Å²) < 4.78 is 7.10. The van der Waals surface area contributed by atoms with Crippen molar-refractivity contribution in [1.82, 2.24) is 14.9 Å². The summed E-state index contributed by atoms with van der Waals surface area (Å²) in [7, 11) is 0. The van der Waals surface area contributed by atoms with Gasteiger partial charge in [-0.15, -0.1) is 0 Å². The molecule has 30 heavy (non-hydrogen) atoms. The predicted octanol–water partition coefficient (Wildman–Crippen LogP) is 5.23. The van der Waals surface area contributed by atoms with Gasteiger partial charge < -0.3 is 20.7 Å². The van der Waals surface area contributed by atoms with Crippen LogP contribution in [-0.4, -0.2) is 47.2 Å². The van der Waals surface area contributed by atoms with Gasteiger partial charge >= 0.3 is 0 Å². The Balaban J connectivity index is 1.20. The third-order valence-electron chi connectivity index (χ3n) is 5.19. The largest absolute Gasteiger partial charge is 0.490 e. The zero-order chi connectivity index (χ0) is 21.1. The molecule has 0 unspecified atom stereocenters. The van der Waals surface area contributed by atoms with Gasteiger partial charge in [0.1, 0.15) is 17.7 Å². The highest BCUT2D eigenvalue weighted by molar-refractivity contribution is 7.22. The summed E-state index contributed by atoms with van der Waals surface area (Å²) in [4.78, 5) is 11.5. The first kappa shape index (κ1) is 21.4. The number of anilines is 2. The van der Waals surface area contributed by atoms with Crippen molar-refractivity contribution < 1.29 is 4.74 Å². The maximum atomic E-state index is 6.07. The lowest BCUT2D eigenvalue weighted by molar-refractivity contribution is 0.100. The van der Waals surface area contributed by atoms with Crippen LogP contribution in [0.5, 0.6) is 5.75 Å². The summed E-state index contributed by atoms with van der Waals surface area (Å²) in [5, 5.41) is 5.11. The number of likely N-dealkylation sites (tertiary alicyclic amines) is 1. The van der Waals surface area contributed by atoms with Crippen LogP contribution in [0.1, 0.15) is 25.0 Å². The molecular weight excluding hydrogens is 441 g/mol. The monoisotopic (exact) mass is 465 g/mol. The van der Waals surface area contributed by atoms with Crippen LogP contribution in [0, 0.1) is 6.92 Å². The first-order chi connectivity index (χ1) is 14.5. The molecule has 2 aromatic heterocycles. The molecule has 1 aliphatic rings. The van der Waals surface area contributed by atoms with Crippen LogP contribution < -0.4 is 15.8 Å². The number of ether oxygens (including phenoxy) is 1. The molecule has 9 heteroatoms. The fraction of sp³-hybridized carbons (Fsp3) is 0.429. The average molecular weight is 466 g/mol. The topological polar surface area (TPSA) is 76.3 Å². The summed E-state index contributed by atoms with van der Waals surface area (Å²) in [6, 6.07) is 7.41. The second-order valence-corrected chi connectivity index (χ2v) is 9.37. The number of nitrogens with one attached hydrogen (secondary N) is 1. The van der Waals surface area contributed by atoms with E-state index in [9.17, 15) is 0 Å². The van der Waals surface area contributed by atoms with Gasteiger partial charge in [-0.1, -0.05) is 34.5 Å². The van der Waals surface area contributed by atoms with Gasteiger partial charge in [-0.05, 0) is 50.9 Å². The van der Waals surface area contributed by atoms with Gasteiger partial charge in [0.15, 0.2) is 5.13 Å². The fourth-order valence-corrected chi connectivity index (χ4v) is 4.76. The highest BCUT2D eigenvalue weighted by Crippen LogP contribution is 2.30. The summed E-state index contributed by atoms with van der Waals surface area (Å²) in [6.45, 7) is 5.95. The van der Waals surface area contributed by atoms with Crippen LogP contribution in [0.25, 0.3) is 10.2 Å². The lowest BCUT2D eigenvalue weighted by atomic mass is 10.1. The van der Waals surface area contributed by atoms with Crippen molar-refractivity contribution in [2.45, 2.75) is 32.3 Å². The van der Waals surface area contributed by atoms with E-state index in [4.69, 9.17) is 33.7 Å². The summed E-state index contributed by atoms with van der Waals surface area (Å²) in [6.07, 6.45) is 3.28. The van der Waals surface area contributed by atoms with Crippen LogP contribution in [-0.2, 0) is 0 Å². The Bertz CT molecular complexity index is 1020. The molecule has 1 aliphatic heterocycles. The molecule has 1 fully saturated rings. The number of pyridine rings is 1. The number of rotatable bonds is 7. The zero-order valence-electron chi connectivity index (χ0n) is 16.8. The number of nitrogens with zero attached hydrogens (tertiary/aromatic N) is 3. The second-order valence-electron chi connectivity index (χ2n) is 7.53. The fourth-order valence-electron chi connectivity index (χ4n) is 3.70. The molecule has 0 bridgehead atoms. The van der Waals surface area contributed by atoms with E-state index in [0.29, 0.717) is 15.2 Å². The van der Waals surface area contributed by atoms with Crippen molar-refractivity contribution in [3.05, 3.63) is 40.0 Å². The smallest absolute Gasteiger partial charge is 0.181 e. The Labute approximate surface area is 190 Å². The van der Waals surface area contributed by atoms with Gasteiger partial charge in [0.25, 0.3) is 0 Å². The number of nitrogen functional groups attached to an aromatic ring is 1. The Morgan fingerprint density at radius 2 is 2.00 bits per heavy atom. The van der Waals surface area contributed by atoms with Crippen molar-refractivity contribution in [2.24, 2.45) is 0 Å². The lowest BCUT2D eigenvalue weighted by Gasteiger charge is -2.32. The van der Waals surface area contributed by atoms with Crippen molar-refractivity contribution in [3.8, 4) is 5.75 Å². The van der Waals surface area contributed by atoms with E-state index in [2.05, 4.69) is 20.2 Å². The Kier molecular flexibility index (Phi) is 6.83. The molecular formula is C21H25Cl2N5OS. The standard InChI is InChI=1S/C21H25Cl2N5OS/c1-13-11-18-19(30-21(24)27-18)20(26-13)25-7-2-8-28-9-5-14(6-10-28)29-15-3-4-16(22)17(23)12-15/h3-4,11-12,14H,2,5-10H2,1H3,(H2,24,27)(H,25,26). The molecule has 0 saturated carbocycles. The number of aromatic nitrogens is 2. The van der Waals surface area contributed by atoms with Crippen LogP contribution in [0.2, 0.25) is 10.0 Å². The molecule has 0 aliphatic carbocycles. The third kappa shape index (κ3) is 5.27. The normalized spacial score (nSPS) is 15.6. The van der Waals surface area contributed by atoms with Gasteiger partial charge in [0.2, 0.25) is 0 Å². The molecule has 0 amide bonds. The molecule has 1 aromatic carbocycles. The van der Waals surface area contributed by atoms with E-state index >= 15 is 0 Å². The number of nitrogens with two attached hydrogens (primary N) is 1. The number of thiazole rings is 1. The number of aryl methyl sites for hydroxylation is 1. The molecule has 1 saturated heterocycles. The minimum Gasteiger partial charge on any atom is -0.490 e. The van der Waals surface area contributed by atoms with Gasteiger partial charge in [-0.3, -0.25) is 0 Å². The summed E-state index contributed by atoms with van der Waals surface area (Å²) in [5.74, 6) is 1.67. The van der Waals surface area contributed by atoms with Gasteiger partial charge in [-0.25, -0.2) is 9.97 Å². The maximum absolute atomic E-state index is 6.07. The first-order valence-electron chi connectivity index (χ1n) is 10.1. The lowest BCUT2D eigenvalue weighted by Crippen LogP contribution is -2.39. The molecule has 3 N–H and O–H groups in total. The number of halogens is 2. The summed E-state index contributed by atoms with van der Waals surface area (Å²) in [5.41, 5.74) is 7.72. The minimum atomic E-state index is 0.221. The molecule has 3 aromatic rings. The van der Waals surface area contributed by atoms with E-state index in [0.717, 1.165) is 72.9 Å². The van der Waals surface area contributed by atoms with Gasteiger partial charge in [-0.2, -0.15) is 0 Å². The molecule has 160 valence electrons. The van der Waals surface area contributed by atoms with Crippen LogP contribution in [0.15, 0.2) is 24.3 Å². The van der Waals surface area contributed by atoms with E-state index in [1.807, 2.05) is 19.1 Å². The van der Waals surface area contributed by atoms with Crippen molar-refractivity contribution in [3.63, 3.8) is 0 Å². The maximum Gasteiger partial charge on any atom is 0.181 e. The van der Waals surface area contributed by atoms with E-state index in [-0.39, 0.29) is 6.10 Å². The van der Waals surface area contributed by atoms with Gasteiger partial charge in [0, 0.05) is 31.4 Å². The summed E-state index contributed by atoms with van der Waals surface area (Å²) >= 11 is 13.5. The number of benzene rings is 1. The molecule has 3 heterocycles. The zero-order valence-corrected chi connectivity index (χ0v) is 19.2. The molecule has 0 atom stereocenters. The first-order valence-corrected chi connectivity index (χ1v) is 11.7. The van der Waals surface area contributed by atoms with Crippen LogP contribution in [0.4, 0.5) is 10.9 Å². The predicted molar refractivity (Wildman–Crippen MR) is 126 cm³/mol. The average Bonchev–Trinajstić information content (AvgIpc) is 3.09. The van der Waals surface area contributed by atoms with E-state index in [1.54, 1.807) is 12.1 Å². The molecule has 4 rings (SSSR count). The second kappa shape index (κ2) is 9.56. The van der Waals surface area contributed by atoms with Crippen molar-refractivity contribution >= 4 is 55.7 Å². The Morgan fingerprint density at radius 1 is 1.20 bits per heavy atom. The highest BCUT2D eigenvalue weighted by Gasteiger charge is 2.20. The van der Waals surface area contributed by atoms with E-state index in [1.165, 1.54) is 11.3 Å². The SMILES string of the molecule is Cc1cc2nc(N)sc2c(NCCCN2CCC(Oc3ccc(Cl)c(Cl)c3)CC2)n1. The number of hydrogen-bond acceptors (Lipinski definition) is 7. The number of fused-ring (bicyclic) bond motifs is 1. The van der Waals surface area contributed by atoms with Crippen molar-refractivity contribution in [1.29, 1.82) is 0 Å². The molecule has 0 radical (unpaired) electrons. The molecule has 0 spiro atoms. The third-order valence-corrected chi connectivity index (χ3v) is 6.84. The van der Waals surface area contributed by atoms with E-state index < -0.39 is 0 Å². The van der Waals surface area contributed by atoms with Crippen LogP contribution >= 0.6 is 34.5 Å². The Hall–Kier alpha value is -1.80. The quantitative estimate of drug-likeness (QED) is 0.464. The highest BCUT2D eigenvalue weighted by atomic mass is 35.5. The number of hydrogen-bond donors (Lipinski definition) is 2. The number of piperidine rings is 1. The van der Waals surface area contributed by atoms with Crippen molar-refractivity contribution in [2.75, 3.05) is 37.2 Å². The minimum absolute atomic E-state index is 0.221.